The number of para-hydroxylation sites is 2. The molecule has 6 heterocycles. The molecule has 0 saturated heterocycles. The van der Waals surface area contributed by atoms with Crippen LogP contribution >= 0.6 is 23.2 Å². The third-order valence-corrected chi connectivity index (χ3v) is 15.4. The number of nitrogens with zero attached hydrogens (tertiary/aromatic N) is 9. The van der Waals surface area contributed by atoms with E-state index in [2.05, 4.69) is 62.6 Å². The fourth-order valence-electron chi connectivity index (χ4n) is 10.6. The third-order valence-electron chi connectivity index (χ3n) is 14.8. The van der Waals surface area contributed by atoms with E-state index in [-0.39, 0.29) is 43.9 Å². The molecule has 0 unspecified atom stereocenters. The molecular weight excluding hydrogens is 1150 g/mol. The fraction of sp³-hybridized carbons (Fsp3) is 0.379. The summed E-state index contributed by atoms with van der Waals surface area (Å²) in [6.07, 6.45) is 24.3. The summed E-state index contributed by atoms with van der Waals surface area (Å²) in [5.41, 5.74) is 7.53. The summed E-state index contributed by atoms with van der Waals surface area (Å²) in [6, 6.07) is 24.1. The molecule has 0 radical (unpaired) electrons. The minimum atomic E-state index is -0.654. The number of anilines is 4. The van der Waals surface area contributed by atoms with Crippen molar-refractivity contribution >= 4 is 86.2 Å². The third kappa shape index (κ3) is 18.9. The Balaban J connectivity index is 0.000000228. The number of ether oxygens (including phenoxy) is 1. The Kier molecular flexibility index (Phi) is 23.2. The van der Waals surface area contributed by atoms with Crippen molar-refractivity contribution in [1.29, 1.82) is 0 Å². The van der Waals surface area contributed by atoms with Crippen LogP contribution in [0.25, 0.3) is 44.3 Å². The van der Waals surface area contributed by atoms with Crippen LogP contribution in [0.1, 0.15) is 91.0 Å². The number of carbonyl (C=O) groups is 3. The van der Waals surface area contributed by atoms with Crippen LogP contribution < -0.4 is 26.6 Å². The predicted molar refractivity (Wildman–Crippen MR) is 354 cm³/mol. The van der Waals surface area contributed by atoms with E-state index in [1.807, 2.05) is 138 Å². The largest absolute Gasteiger partial charge is 0.444 e. The summed E-state index contributed by atoms with van der Waals surface area (Å²) in [7, 11) is 7.79. The van der Waals surface area contributed by atoms with Crippen LogP contribution in [-0.2, 0) is 27.4 Å². The second-order valence-electron chi connectivity index (χ2n) is 23.5. The smallest absolute Gasteiger partial charge is 0.410 e. The number of rotatable bonds is 20. The Morgan fingerprint density at radius 2 is 1.11 bits per heavy atom. The van der Waals surface area contributed by atoms with Crippen molar-refractivity contribution in [3.63, 3.8) is 0 Å². The highest BCUT2D eigenvalue weighted by Gasteiger charge is 2.34. The maximum absolute atomic E-state index is 13.6. The van der Waals surface area contributed by atoms with Crippen LogP contribution in [0.5, 0.6) is 0 Å². The van der Waals surface area contributed by atoms with Crippen molar-refractivity contribution in [2.75, 3.05) is 62.5 Å². The van der Waals surface area contributed by atoms with E-state index >= 15 is 0 Å². The van der Waals surface area contributed by atoms with Crippen LogP contribution in [0.3, 0.4) is 0 Å². The Hall–Kier alpha value is -8.27. The first-order chi connectivity index (χ1) is 41.9. The Morgan fingerprint density at radius 3 is 1.61 bits per heavy atom. The van der Waals surface area contributed by atoms with Crippen LogP contribution in [0.4, 0.5) is 28.1 Å². The zero-order valence-electron chi connectivity index (χ0n) is 50.4. The van der Waals surface area contributed by atoms with Crippen molar-refractivity contribution in [1.82, 2.24) is 59.9 Å². The van der Waals surface area contributed by atoms with Crippen LogP contribution in [0.2, 0.25) is 10.0 Å². The standard InChI is InChI=1S/C35H43ClN8O3.C30H35ClN8O.CH4/c1-35(2,3)47-34(46)44(22-25-16-15-24(19-37-25)40-31(45)14-9-17-43(4)5)26-11-8-10-23(18-26)41-33-39-21-29(36)32(42-33)28-20-38-30-13-7-6-12-27(28)30;1-39(2)14-6-11-28(40)36-23-13-12-22(33-17-23)16-32-20-7-5-8-21(15-20)37-30-35-19-26(31)29(38-30)25-18-34-27-10-4-3-9-24(25)27;/h6-7,9,12-16,19-21,23,26,38H,8,10-11,17-18,22H2,1-5H3,(H,40,45)(H,39,41,42);3-4,6,9-13,17-21,32,34H,5,7-8,14-16H2,1-2H3,(H,36,40)(H,35,37,38);1H4/b14-9+;11-6+;/t23-,26+;20-,21+;/m10./s1. The van der Waals surface area contributed by atoms with Gasteiger partial charge in [-0.3, -0.25) is 24.5 Å². The molecule has 7 N–H and O–H groups in total. The Morgan fingerprint density at radius 1 is 0.625 bits per heavy atom. The number of likely N-dealkylation sites (N-methyl/N-ethyl adjacent to an activating group) is 2. The summed E-state index contributed by atoms with van der Waals surface area (Å²) >= 11 is 13.1. The second kappa shape index (κ2) is 31.1. The maximum Gasteiger partial charge on any atom is 0.410 e. The van der Waals surface area contributed by atoms with Gasteiger partial charge in [0.1, 0.15) is 5.60 Å². The minimum Gasteiger partial charge on any atom is -0.444 e. The lowest BCUT2D eigenvalue weighted by atomic mass is 9.90. The monoisotopic (exact) mass is 1230 g/mol. The number of hydrogen-bond acceptors (Lipinski definition) is 15. The number of amides is 3. The second-order valence-corrected chi connectivity index (χ2v) is 24.3. The summed E-state index contributed by atoms with van der Waals surface area (Å²) < 4.78 is 5.84. The molecular formula is C66H82Cl2N16O4. The molecule has 0 bridgehead atoms. The van der Waals surface area contributed by atoms with Gasteiger partial charge in [-0.05, 0) is 137 Å². The van der Waals surface area contributed by atoms with Gasteiger partial charge >= 0.3 is 6.09 Å². The minimum absolute atomic E-state index is 0. The lowest BCUT2D eigenvalue weighted by Gasteiger charge is -2.38. The molecule has 88 heavy (non-hydrogen) atoms. The van der Waals surface area contributed by atoms with Gasteiger partial charge in [0.15, 0.2) is 0 Å². The van der Waals surface area contributed by atoms with Crippen molar-refractivity contribution in [3.05, 3.63) is 156 Å². The van der Waals surface area contributed by atoms with Crippen LogP contribution in [-0.4, -0.2) is 144 Å². The van der Waals surface area contributed by atoms with Crippen LogP contribution in [0.15, 0.2) is 134 Å². The van der Waals surface area contributed by atoms with Gasteiger partial charge in [0.05, 0.1) is 75.5 Å². The zero-order chi connectivity index (χ0) is 61.5. The van der Waals surface area contributed by atoms with Crippen molar-refractivity contribution in [2.45, 2.75) is 122 Å². The van der Waals surface area contributed by atoms with Gasteiger partial charge in [-0.1, -0.05) is 79.2 Å². The first-order valence-corrected chi connectivity index (χ1v) is 30.2. The average Bonchev–Trinajstić information content (AvgIpc) is 3.51. The van der Waals surface area contributed by atoms with E-state index in [9.17, 15) is 14.4 Å². The van der Waals surface area contributed by atoms with E-state index in [0.29, 0.717) is 76.8 Å². The highest BCUT2D eigenvalue weighted by molar-refractivity contribution is 6.33. The molecule has 22 heteroatoms. The van der Waals surface area contributed by atoms with Gasteiger partial charge in [0, 0.05) is 101 Å². The molecule has 20 nitrogen and oxygen atoms in total. The lowest BCUT2D eigenvalue weighted by molar-refractivity contribution is -0.112. The summed E-state index contributed by atoms with van der Waals surface area (Å²) in [6.45, 7) is 7.90. The number of H-pyrrole nitrogens is 2. The molecule has 8 aromatic rings. The van der Waals surface area contributed by atoms with Gasteiger partial charge in [0.2, 0.25) is 23.7 Å². The number of aromatic nitrogens is 8. The van der Waals surface area contributed by atoms with E-state index < -0.39 is 11.7 Å². The predicted octanol–water partition coefficient (Wildman–Crippen LogP) is 12.8. The first-order valence-electron chi connectivity index (χ1n) is 29.5. The van der Waals surface area contributed by atoms with E-state index in [1.165, 1.54) is 6.08 Å². The molecule has 2 fully saturated rings. The Bertz CT molecular complexity index is 3660. The number of carbonyl (C=O) groups excluding carboxylic acids is 3. The molecule has 0 aliphatic heterocycles. The number of pyridine rings is 2. The summed E-state index contributed by atoms with van der Waals surface area (Å²) in [4.78, 5) is 77.8. The molecule has 0 spiro atoms. The molecule has 10 rings (SSSR count). The van der Waals surface area contributed by atoms with E-state index in [4.69, 9.17) is 37.9 Å². The Labute approximate surface area is 525 Å². The molecule has 2 aromatic carbocycles. The van der Waals surface area contributed by atoms with Crippen LogP contribution in [0, 0.1) is 0 Å². The highest BCUT2D eigenvalue weighted by Crippen LogP contribution is 2.35. The molecule has 2 saturated carbocycles. The fourth-order valence-corrected chi connectivity index (χ4v) is 11.0. The van der Waals surface area contributed by atoms with Crippen molar-refractivity contribution in [2.24, 2.45) is 0 Å². The number of fused-ring (bicyclic) bond motifs is 2. The SMILES string of the molecule is C.CN(C)C/C=C/C(=O)Nc1ccc(CN(C(=O)OC(C)(C)C)[C@H]2CCC[C@@H](Nc3ncc(Cl)c(-c4c[nH]c5ccccc45)n3)C2)nc1.CN(C)C/C=C/C(=O)Nc1ccc(CN[C@H]2CCC[C@@H](Nc3ncc(Cl)c(-c4c[nH]c5ccccc45)n3)C2)nc1. The molecule has 2 aliphatic carbocycles. The zero-order valence-corrected chi connectivity index (χ0v) is 51.9. The summed E-state index contributed by atoms with van der Waals surface area (Å²) in [5.74, 6) is 0.690. The lowest BCUT2D eigenvalue weighted by Crippen LogP contribution is -2.47. The van der Waals surface area contributed by atoms with Crippen molar-refractivity contribution < 1.29 is 19.1 Å². The molecule has 4 atom stereocenters. The van der Waals surface area contributed by atoms with Gasteiger partial charge in [0.25, 0.3) is 0 Å². The molecule has 464 valence electrons. The number of hydrogen-bond donors (Lipinski definition) is 7. The topological polar surface area (TPSA) is 239 Å². The average molecular weight is 1230 g/mol. The van der Waals surface area contributed by atoms with Gasteiger partial charge in [-0.15, -0.1) is 0 Å². The normalized spacial score (nSPS) is 16.9. The first kappa shape index (κ1) is 65.7. The van der Waals surface area contributed by atoms with E-state index in [0.717, 1.165) is 89.3 Å². The number of aromatic amines is 2. The molecule has 2 aliphatic rings. The quantitative estimate of drug-likeness (QED) is 0.0351. The maximum atomic E-state index is 13.6. The van der Waals surface area contributed by atoms with E-state index in [1.54, 1.807) is 47.9 Å². The molecule has 6 aromatic heterocycles. The van der Waals surface area contributed by atoms with Gasteiger partial charge < -0.3 is 51.1 Å². The number of nitrogens with one attached hydrogen (secondary N) is 7. The van der Waals surface area contributed by atoms with Gasteiger partial charge in [-0.2, -0.15) is 0 Å². The summed E-state index contributed by atoms with van der Waals surface area (Å²) in [5, 5.41) is 19.5. The highest BCUT2D eigenvalue weighted by atomic mass is 35.5. The number of halogens is 2. The van der Waals surface area contributed by atoms with Crippen molar-refractivity contribution in [3.8, 4) is 22.5 Å². The van der Waals surface area contributed by atoms with Gasteiger partial charge in [-0.25, -0.2) is 24.7 Å². The molecule has 3 amide bonds. The number of benzene rings is 2.